The molecule has 1 fully saturated rings. The number of ketones is 1. The molecule has 16 heavy (non-hydrogen) atoms. The third-order valence-corrected chi connectivity index (χ3v) is 4.43. The molecule has 0 amide bonds. The van der Waals surface area contributed by atoms with Crippen LogP contribution in [-0.2, 0) is 11.2 Å². The number of hydrogen-bond acceptors (Lipinski definition) is 3. The van der Waals surface area contributed by atoms with Gasteiger partial charge in [-0.15, -0.1) is 11.3 Å². The maximum absolute atomic E-state index is 12.1. The zero-order valence-corrected chi connectivity index (χ0v) is 10.8. The molecule has 0 atom stereocenters. The van der Waals surface area contributed by atoms with E-state index in [4.69, 9.17) is 0 Å². The zero-order valence-electron chi connectivity index (χ0n) is 10.0. The lowest BCUT2D eigenvalue weighted by molar-refractivity contribution is -0.123. The summed E-state index contributed by atoms with van der Waals surface area (Å²) in [5.74, 6) is 1.52. The molecule has 0 radical (unpaired) electrons. The van der Waals surface area contributed by atoms with Crippen molar-refractivity contribution in [1.82, 2.24) is 4.98 Å². The van der Waals surface area contributed by atoms with Crippen LogP contribution >= 0.6 is 11.3 Å². The second kappa shape index (κ2) is 5.09. The first kappa shape index (κ1) is 11.8. The highest BCUT2D eigenvalue weighted by Crippen LogP contribution is 2.29. The molecule has 0 saturated heterocycles. The fraction of sp³-hybridized carbons (Fsp3) is 0.692. The molecule has 1 aromatic heterocycles. The highest BCUT2D eigenvalue weighted by molar-refractivity contribution is 7.09. The van der Waals surface area contributed by atoms with Crippen molar-refractivity contribution in [2.24, 2.45) is 11.8 Å². The Hall–Kier alpha value is -0.700. The first-order valence-corrected chi connectivity index (χ1v) is 6.97. The standard InChI is InChI=1S/C13H19NOS/c1-9-3-5-11(6-4-9)12(15)7-13-14-10(2)8-16-13/h8-9,11H,3-7H2,1-2H3. The summed E-state index contributed by atoms with van der Waals surface area (Å²) in [6, 6.07) is 0. The first-order valence-electron chi connectivity index (χ1n) is 6.09. The SMILES string of the molecule is Cc1csc(CC(=O)C2CCC(C)CC2)n1. The molecule has 1 aromatic rings. The lowest BCUT2D eigenvalue weighted by atomic mass is 9.80. The molecule has 1 heterocycles. The van der Waals surface area contributed by atoms with Gasteiger partial charge in [0.1, 0.15) is 10.8 Å². The maximum Gasteiger partial charge on any atom is 0.142 e. The predicted octanol–water partition coefficient (Wildman–Crippen LogP) is 3.39. The van der Waals surface area contributed by atoms with E-state index in [9.17, 15) is 4.79 Å². The number of aryl methyl sites for hydroxylation is 1. The average molecular weight is 237 g/mol. The smallest absolute Gasteiger partial charge is 0.142 e. The number of nitrogens with zero attached hydrogens (tertiary/aromatic N) is 1. The van der Waals surface area contributed by atoms with Crippen LogP contribution in [-0.4, -0.2) is 10.8 Å². The Kier molecular flexibility index (Phi) is 3.74. The van der Waals surface area contributed by atoms with Crippen molar-refractivity contribution in [1.29, 1.82) is 0 Å². The van der Waals surface area contributed by atoms with Gasteiger partial charge in [-0.3, -0.25) is 4.79 Å². The molecule has 3 heteroatoms. The fourth-order valence-electron chi connectivity index (χ4n) is 2.36. The van der Waals surface area contributed by atoms with Crippen LogP contribution in [0.2, 0.25) is 0 Å². The molecule has 88 valence electrons. The average Bonchev–Trinajstić information content (AvgIpc) is 2.65. The Morgan fingerprint density at radius 2 is 2.12 bits per heavy atom. The lowest BCUT2D eigenvalue weighted by Crippen LogP contribution is -2.22. The normalized spacial score (nSPS) is 25.6. The second-order valence-electron chi connectivity index (χ2n) is 4.98. The van der Waals surface area contributed by atoms with Crippen LogP contribution < -0.4 is 0 Å². The van der Waals surface area contributed by atoms with E-state index >= 15 is 0 Å². The molecular formula is C13H19NOS. The van der Waals surface area contributed by atoms with Crippen molar-refractivity contribution in [3.8, 4) is 0 Å². The Morgan fingerprint density at radius 1 is 1.44 bits per heavy atom. The largest absolute Gasteiger partial charge is 0.299 e. The predicted molar refractivity (Wildman–Crippen MR) is 66.7 cm³/mol. The van der Waals surface area contributed by atoms with Crippen LogP contribution in [0.4, 0.5) is 0 Å². The van der Waals surface area contributed by atoms with Crippen molar-refractivity contribution in [3.63, 3.8) is 0 Å². The summed E-state index contributed by atoms with van der Waals surface area (Å²) in [6.45, 7) is 4.26. The maximum atomic E-state index is 12.1. The molecule has 0 aromatic carbocycles. The number of thiazole rings is 1. The Morgan fingerprint density at radius 3 is 2.69 bits per heavy atom. The van der Waals surface area contributed by atoms with Gasteiger partial charge in [0.2, 0.25) is 0 Å². The highest BCUT2D eigenvalue weighted by Gasteiger charge is 2.24. The van der Waals surface area contributed by atoms with Gasteiger partial charge in [0.05, 0.1) is 6.42 Å². The molecule has 0 unspecified atom stereocenters. The van der Waals surface area contributed by atoms with Crippen LogP contribution in [0.25, 0.3) is 0 Å². The van der Waals surface area contributed by atoms with Crippen molar-refractivity contribution < 1.29 is 4.79 Å². The van der Waals surface area contributed by atoms with E-state index in [0.29, 0.717) is 18.1 Å². The lowest BCUT2D eigenvalue weighted by Gasteiger charge is -2.24. The van der Waals surface area contributed by atoms with Gasteiger partial charge in [0.25, 0.3) is 0 Å². The number of rotatable bonds is 3. The van der Waals surface area contributed by atoms with Gasteiger partial charge >= 0.3 is 0 Å². The van der Waals surface area contributed by atoms with E-state index in [-0.39, 0.29) is 0 Å². The quantitative estimate of drug-likeness (QED) is 0.806. The highest BCUT2D eigenvalue weighted by atomic mass is 32.1. The summed E-state index contributed by atoms with van der Waals surface area (Å²) < 4.78 is 0. The van der Waals surface area contributed by atoms with E-state index in [1.807, 2.05) is 12.3 Å². The van der Waals surface area contributed by atoms with Crippen molar-refractivity contribution in [2.45, 2.75) is 46.0 Å². The van der Waals surface area contributed by atoms with Crippen LogP contribution in [0.3, 0.4) is 0 Å². The number of hydrogen-bond donors (Lipinski definition) is 0. The summed E-state index contributed by atoms with van der Waals surface area (Å²) in [6.07, 6.45) is 5.16. The van der Waals surface area contributed by atoms with Crippen LogP contribution in [0, 0.1) is 18.8 Å². The molecule has 0 spiro atoms. The van der Waals surface area contributed by atoms with Gasteiger partial charge in [0, 0.05) is 17.0 Å². The monoisotopic (exact) mass is 237 g/mol. The first-order chi connectivity index (χ1) is 7.65. The topological polar surface area (TPSA) is 30.0 Å². The minimum Gasteiger partial charge on any atom is -0.299 e. The van der Waals surface area contributed by atoms with Crippen LogP contribution in [0.1, 0.15) is 43.3 Å². The minimum absolute atomic E-state index is 0.306. The molecule has 2 rings (SSSR count). The van der Waals surface area contributed by atoms with Gasteiger partial charge < -0.3 is 0 Å². The zero-order chi connectivity index (χ0) is 11.5. The van der Waals surface area contributed by atoms with E-state index in [2.05, 4.69) is 11.9 Å². The Bertz CT molecular complexity index is 364. The molecule has 0 bridgehead atoms. The summed E-state index contributed by atoms with van der Waals surface area (Å²) >= 11 is 1.61. The van der Waals surface area contributed by atoms with Crippen LogP contribution in [0.15, 0.2) is 5.38 Å². The van der Waals surface area contributed by atoms with E-state index in [1.165, 1.54) is 12.8 Å². The van der Waals surface area contributed by atoms with Gasteiger partial charge in [-0.05, 0) is 25.7 Å². The van der Waals surface area contributed by atoms with E-state index in [1.54, 1.807) is 11.3 Å². The fourth-order valence-corrected chi connectivity index (χ4v) is 3.14. The molecule has 1 aliphatic carbocycles. The third-order valence-electron chi connectivity index (χ3n) is 3.46. The molecule has 1 aliphatic rings. The summed E-state index contributed by atoms with van der Waals surface area (Å²) in [5.41, 5.74) is 1.03. The van der Waals surface area contributed by atoms with Crippen molar-refractivity contribution in [3.05, 3.63) is 16.1 Å². The van der Waals surface area contributed by atoms with E-state index < -0.39 is 0 Å². The Balaban J connectivity index is 1.88. The molecule has 0 aliphatic heterocycles. The molecule has 2 nitrogen and oxygen atoms in total. The number of carbonyl (C=O) groups is 1. The van der Waals surface area contributed by atoms with Crippen molar-refractivity contribution >= 4 is 17.1 Å². The van der Waals surface area contributed by atoms with Gasteiger partial charge in [-0.25, -0.2) is 4.98 Å². The number of carbonyl (C=O) groups excluding carboxylic acids is 1. The number of Topliss-reactive ketones (excluding diaryl/α,β-unsaturated/α-hetero) is 1. The molecule has 0 N–H and O–H groups in total. The van der Waals surface area contributed by atoms with Crippen LogP contribution in [0.5, 0.6) is 0 Å². The molecular weight excluding hydrogens is 218 g/mol. The number of aromatic nitrogens is 1. The summed E-state index contributed by atoms with van der Waals surface area (Å²) in [7, 11) is 0. The van der Waals surface area contributed by atoms with Crippen molar-refractivity contribution in [2.75, 3.05) is 0 Å². The summed E-state index contributed by atoms with van der Waals surface area (Å²) in [4.78, 5) is 16.4. The minimum atomic E-state index is 0.306. The Labute approximate surface area is 101 Å². The van der Waals surface area contributed by atoms with E-state index in [0.717, 1.165) is 29.5 Å². The summed E-state index contributed by atoms with van der Waals surface area (Å²) in [5, 5.41) is 3.01. The van der Waals surface area contributed by atoms with Gasteiger partial charge in [-0.1, -0.05) is 19.8 Å². The second-order valence-corrected chi connectivity index (χ2v) is 5.93. The van der Waals surface area contributed by atoms with Gasteiger partial charge in [-0.2, -0.15) is 0 Å². The molecule has 1 saturated carbocycles. The van der Waals surface area contributed by atoms with Gasteiger partial charge in [0.15, 0.2) is 0 Å². The third kappa shape index (κ3) is 2.91.